The zero-order valence-electron chi connectivity index (χ0n) is 11.9. The molecule has 0 spiro atoms. The molecule has 116 valence electrons. The van der Waals surface area contributed by atoms with Crippen molar-refractivity contribution >= 4 is 57.7 Å². The highest BCUT2D eigenvalue weighted by atomic mass is 127. The Morgan fingerprint density at radius 1 is 1.33 bits per heavy atom. The van der Waals surface area contributed by atoms with Gasteiger partial charge in [0.05, 0.1) is 17.7 Å². The van der Waals surface area contributed by atoms with E-state index in [0.29, 0.717) is 25.6 Å². The summed E-state index contributed by atoms with van der Waals surface area (Å²) in [6.07, 6.45) is 0.489. The maximum absolute atomic E-state index is 12.3. The molecule has 0 heterocycles. The topological polar surface area (TPSA) is 55.4 Å². The molecule has 1 aromatic rings. The lowest BCUT2D eigenvalue weighted by Gasteiger charge is -2.19. The van der Waals surface area contributed by atoms with Gasteiger partial charge in [-0.05, 0) is 47.1 Å². The van der Waals surface area contributed by atoms with Gasteiger partial charge in [-0.25, -0.2) is 4.79 Å². The van der Waals surface area contributed by atoms with Crippen molar-refractivity contribution in [1.82, 2.24) is 5.32 Å². The van der Waals surface area contributed by atoms with Gasteiger partial charge in [0, 0.05) is 8.59 Å². The summed E-state index contributed by atoms with van der Waals surface area (Å²) in [4.78, 5) is 24.1. The predicted octanol–water partition coefficient (Wildman–Crippen LogP) is 3.92. The summed E-state index contributed by atoms with van der Waals surface area (Å²) in [5, 5.41) is 3.44. The molecule has 1 aromatic carbocycles. The molecule has 0 bridgehead atoms. The highest BCUT2D eigenvalue weighted by molar-refractivity contribution is 14.1. The monoisotopic (exact) mass is 443 g/mol. The fraction of sp³-hybridized carbons (Fsp3) is 0.429. The summed E-state index contributed by atoms with van der Waals surface area (Å²) < 4.78 is 5.31. The molecule has 0 aliphatic heterocycles. The van der Waals surface area contributed by atoms with Crippen LogP contribution in [-0.4, -0.2) is 25.0 Å². The average Bonchev–Trinajstić information content (AvgIpc) is 2.40. The number of benzene rings is 1. The van der Waals surface area contributed by atoms with Gasteiger partial charge in [-0.3, -0.25) is 4.79 Å². The number of halogens is 3. The van der Waals surface area contributed by atoms with Gasteiger partial charge in [0.25, 0.3) is 5.91 Å². The Morgan fingerprint density at radius 3 is 2.48 bits per heavy atom. The molecule has 0 aromatic heterocycles. The van der Waals surface area contributed by atoms with Crippen LogP contribution in [0.3, 0.4) is 0 Å². The van der Waals surface area contributed by atoms with Crippen LogP contribution in [0.2, 0.25) is 10.0 Å². The molecule has 0 aliphatic rings. The molecule has 1 rings (SSSR count). The standard InChI is InChI=1S/C14H16Cl2INO3/c1-7(2)4-11(14(20)21-3)18-13(19)9-5-8(15)6-10(16)12(9)17/h5-7,11H,4H2,1-3H3,(H,18,19). The first-order chi connectivity index (χ1) is 9.76. The third kappa shape index (κ3) is 5.30. The van der Waals surface area contributed by atoms with Crippen molar-refractivity contribution in [3.05, 3.63) is 31.3 Å². The van der Waals surface area contributed by atoms with Crippen LogP contribution in [-0.2, 0) is 9.53 Å². The molecule has 4 nitrogen and oxygen atoms in total. The number of amides is 1. The van der Waals surface area contributed by atoms with Gasteiger partial charge in [-0.15, -0.1) is 0 Å². The fourth-order valence-corrected chi connectivity index (χ4v) is 2.83. The average molecular weight is 444 g/mol. The fourth-order valence-electron chi connectivity index (χ4n) is 1.78. The first-order valence-electron chi connectivity index (χ1n) is 6.29. The molecule has 7 heteroatoms. The zero-order chi connectivity index (χ0) is 16.2. The Morgan fingerprint density at radius 2 is 1.95 bits per heavy atom. The number of carbonyl (C=O) groups excluding carboxylic acids is 2. The Hall–Kier alpha value is -0.530. The van der Waals surface area contributed by atoms with Crippen molar-refractivity contribution in [2.45, 2.75) is 26.3 Å². The third-order valence-electron chi connectivity index (χ3n) is 2.74. The van der Waals surface area contributed by atoms with E-state index in [2.05, 4.69) is 5.32 Å². The Labute approximate surface area is 147 Å². The van der Waals surface area contributed by atoms with E-state index in [1.165, 1.54) is 13.2 Å². The number of esters is 1. The summed E-state index contributed by atoms with van der Waals surface area (Å²) in [5.74, 6) is -0.642. The van der Waals surface area contributed by atoms with Crippen LogP contribution in [0.25, 0.3) is 0 Å². The molecule has 0 fully saturated rings. The number of carbonyl (C=O) groups is 2. The van der Waals surface area contributed by atoms with Crippen LogP contribution in [0.15, 0.2) is 12.1 Å². The Kier molecular flexibility index (Phi) is 7.23. The third-order valence-corrected chi connectivity index (χ3v) is 4.73. The van der Waals surface area contributed by atoms with Crippen LogP contribution < -0.4 is 5.32 Å². The number of ether oxygens (including phenoxy) is 1. The Balaban J connectivity index is 2.99. The lowest BCUT2D eigenvalue weighted by atomic mass is 10.0. The van der Waals surface area contributed by atoms with Crippen LogP contribution in [0.5, 0.6) is 0 Å². The first kappa shape index (κ1) is 18.5. The summed E-state index contributed by atoms with van der Waals surface area (Å²) in [6.45, 7) is 3.92. The van der Waals surface area contributed by atoms with E-state index in [4.69, 9.17) is 27.9 Å². The van der Waals surface area contributed by atoms with Crippen LogP contribution in [0.1, 0.15) is 30.6 Å². The van der Waals surface area contributed by atoms with E-state index in [0.717, 1.165) is 0 Å². The second-order valence-electron chi connectivity index (χ2n) is 4.93. The van der Waals surface area contributed by atoms with Crippen molar-refractivity contribution in [2.24, 2.45) is 5.92 Å². The minimum atomic E-state index is -0.698. The summed E-state index contributed by atoms with van der Waals surface area (Å²) in [7, 11) is 1.29. The quantitative estimate of drug-likeness (QED) is 0.426. The van der Waals surface area contributed by atoms with Gasteiger partial charge < -0.3 is 10.1 Å². The lowest BCUT2D eigenvalue weighted by molar-refractivity contribution is -0.143. The van der Waals surface area contributed by atoms with Crippen molar-refractivity contribution < 1.29 is 14.3 Å². The molecule has 21 heavy (non-hydrogen) atoms. The number of nitrogens with one attached hydrogen (secondary N) is 1. The number of rotatable bonds is 5. The number of hydrogen-bond donors (Lipinski definition) is 1. The molecule has 0 aliphatic carbocycles. The van der Waals surface area contributed by atoms with Crippen LogP contribution in [0.4, 0.5) is 0 Å². The highest BCUT2D eigenvalue weighted by Crippen LogP contribution is 2.27. The van der Waals surface area contributed by atoms with E-state index in [9.17, 15) is 9.59 Å². The lowest BCUT2D eigenvalue weighted by Crippen LogP contribution is -2.42. The zero-order valence-corrected chi connectivity index (χ0v) is 15.5. The smallest absolute Gasteiger partial charge is 0.328 e. The second kappa shape index (κ2) is 8.19. The molecular formula is C14H16Cl2INO3. The largest absolute Gasteiger partial charge is 0.467 e. The molecule has 1 atom stereocenters. The first-order valence-corrected chi connectivity index (χ1v) is 8.13. The van der Waals surface area contributed by atoms with Gasteiger partial charge in [0.2, 0.25) is 0 Å². The van der Waals surface area contributed by atoms with Crippen LogP contribution in [0, 0.1) is 9.49 Å². The van der Waals surface area contributed by atoms with E-state index in [-0.39, 0.29) is 5.92 Å². The number of hydrogen-bond acceptors (Lipinski definition) is 3. The van der Waals surface area contributed by atoms with Gasteiger partial charge in [-0.2, -0.15) is 0 Å². The van der Waals surface area contributed by atoms with Crippen molar-refractivity contribution in [2.75, 3.05) is 7.11 Å². The van der Waals surface area contributed by atoms with E-state index >= 15 is 0 Å². The van der Waals surface area contributed by atoms with Gasteiger partial charge in [-0.1, -0.05) is 37.0 Å². The molecule has 1 N–H and O–H groups in total. The van der Waals surface area contributed by atoms with Crippen molar-refractivity contribution in [3.63, 3.8) is 0 Å². The maximum Gasteiger partial charge on any atom is 0.328 e. The molecule has 1 amide bonds. The molecule has 0 radical (unpaired) electrons. The minimum Gasteiger partial charge on any atom is -0.467 e. The highest BCUT2D eigenvalue weighted by Gasteiger charge is 2.24. The summed E-state index contributed by atoms with van der Waals surface area (Å²) in [5.41, 5.74) is 0.339. The van der Waals surface area contributed by atoms with Gasteiger partial charge in [0.1, 0.15) is 6.04 Å². The van der Waals surface area contributed by atoms with Crippen molar-refractivity contribution in [3.8, 4) is 0 Å². The normalized spacial score (nSPS) is 12.1. The second-order valence-corrected chi connectivity index (χ2v) is 6.85. The van der Waals surface area contributed by atoms with Gasteiger partial charge >= 0.3 is 5.97 Å². The van der Waals surface area contributed by atoms with Crippen LogP contribution >= 0.6 is 45.8 Å². The van der Waals surface area contributed by atoms with Gasteiger partial charge in [0.15, 0.2) is 0 Å². The maximum atomic E-state index is 12.3. The van der Waals surface area contributed by atoms with Crippen molar-refractivity contribution in [1.29, 1.82) is 0 Å². The predicted molar refractivity (Wildman–Crippen MR) is 91.9 cm³/mol. The summed E-state index contributed by atoms with van der Waals surface area (Å²) in [6, 6.07) is 2.39. The number of methoxy groups -OCH3 is 1. The SMILES string of the molecule is COC(=O)C(CC(C)C)NC(=O)c1cc(Cl)cc(Cl)c1I. The van der Waals surface area contributed by atoms with E-state index in [1.807, 2.05) is 36.4 Å². The molecular weight excluding hydrogens is 428 g/mol. The molecule has 0 saturated carbocycles. The Bertz CT molecular complexity index is 549. The minimum absolute atomic E-state index is 0.233. The summed E-state index contributed by atoms with van der Waals surface area (Å²) >= 11 is 13.9. The molecule has 0 saturated heterocycles. The van der Waals surface area contributed by atoms with E-state index < -0.39 is 17.9 Å². The molecule has 1 unspecified atom stereocenters. The van der Waals surface area contributed by atoms with E-state index in [1.54, 1.807) is 6.07 Å².